The van der Waals surface area contributed by atoms with Gasteiger partial charge in [0.25, 0.3) is 5.69 Å². The van der Waals surface area contributed by atoms with Crippen molar-refractivity contribution in [3.63, 3.8) is 0 Å². The molecule has 0 spiro atoms. The molecule has 0 aliphatic carbocycles. The molecule has 0 aromatic heterocycles. The van der Waals surface area contributed by atoms with Crippen LogP contribution in [0.1, 0.15) is 15.9 Å². The van der Waals surface area contributed by atoms with Crippen molar-refractivity contribution in [3.05, 3.63) is 68.7 Å². The highest BCUT2D eigenvalue weighted by molar-refractivity contribution is 6.30. The number of carbonyl (C=O) groups excluding carboxylic acids is 1. The maximum Gasteiger partial charge on any atom is 0.273 e. The molecule has 2 aromatic rings. The molecule has 0 radical (unpaired) electrons. The molecule has 0 saturated carbocycles. The van der Waals surface area contributed by atoms with Crippen molar-refractivity contribution in [2.75, 3.05) is 6.61 Å². The van der Waals surface area contributed by atoms with Gasteiger partial charge in [-0.25, -0.2) is 0 Å². The Morgan fingerprint density at radius 2 is 2.05 bits per heavy atom. The Labute approximate surface area is 126 Å². The van der Waals surface area contributed by atoms with Crippen molar-refractivity contribution in [1.82, 2.24) is 0 Å². The van der Waals surface area contributed by atoms with Gasteiger partial charge in [-0.3, -0.25) is 14.9 Å². The van der Waals surface area contributed by atoms with Crippen LogP contribution in [0, 0.1) is 17.0 Å². The highest BCUT2D eigenvalue weighted by Gasteiger charge is 2.15. The Hall–Kier alpha value is -2.40. The van der Waals surface area contributed by atoms with Crippen molar-refractivity contribution < 1.29 is 14.5 Å². The molecule has 21 heavy (non-hydrogen) atoms. The van der Waals surface area contributed by atoms with Crippen LogP contribution in [0.15, 0.2) is 42.5 Å². The summed E-state index contributed by atoms with van der Waals surface area (Å²) in [7, 11) is 0. The van der Waals surface area contributed by atoms with Crippen LogP contribution in [0.3, 0.4) is 0 Å². The van der Waals surface area contributed by atoms with Crippen molar-refractivity contribution in [1.29, 1.82) is 0 Å². The zero-order chi connectivity index (χ0) is 15.4. The summed E-state index contributed by atoms with van der Waals surface area (Å²) in [5, 5.41) is 11.4. The van der Waals surface area contributed by atoms with Crippen molar-refractivity contribution in [2.45, 2.75) is 6.92 Å². The summed E-state index contributed by atoms with van der Waals surface area (Å²) in [6.45, 7) is 1.41. The second kappa shape index (κ2) is 6.37. The largest absolute Gasteiger partial charge is 0.485 e. The second-order valence-corrected chi connectivity index (χ2v) is 4.86. The van der Waals surface area contributed by atoms with Crippen LogP contribution >= 0.6 is 11.6 Å². The SMILES string of the molecule is Cc1ccc(C(=O)COc2cccc(Cl)c2)cc1[N+](=O)[O-]. The van der Waals surface area contributed by atoms with E-state index >= 15 is 0 Å². The lowest BCUT2D eigenvalue weighted by Gasteiger charge is -2.06. The summed E-state index contributed by atoms with van der Waals surface area (Å²) in [5.41, 5.74) is 0.672. The molecule has 108 valence electrons. The highest BCUT2D eigenvalue weighted by atomic mass is 35.5. The second-order valence-electron chi connectivity index (χ2n) is 4.43. The van der Waals surface area contributed by atoms with E-state index in [0.717, 1.165) is 0 Å². The third-order valence-electron chi connectivity index (χ3n) is 2.89. The fourth-order valence-electron chi connectivity index (χ4n) is 1.77. The van der Waals surface area contributed by atoms with Gasteiger partial charge in [0.05, 0.1) is 4.92 Å². The van der Waals surface area contributed by atoms with E-state index in [4.69, 9.17) is 16.3 Å². The number of rotatable bonds is 5. The van der Waals surface area contributed by atoms with Crippen LogP contribution in [0.4, 0.5) is 5.69 Å². The van der Waals surface area contributed by atoms with Gasteiger partial charge in [-0.2, -0.15) is 0 Å². The zero-order valence-electron chi connectivity index (χ0n) is 11.2. The minimum Gasteiger partial charge on any atom is -0.485 e. The molecule has 0 amide bonds. The fourth-order valence-corrected chi connectivity index (χ4v) is 1.95. The van der Waals surface area contributed by atoms with E-state index in [-0.39, 0.29) is 23.6 Å². The number of carbonyl (C=O) groups is 1. The third-order valence-corrected chi connectivity index (χ3v) is 3.13. The maximum atomic E-state index is 12.0. The van der Waals surface area contributed by atoms with Gasteiger partial charge >= 0.3 is 0 Å². The number of nitro groups is 1. The van der Waals surface area contributed by atoms with E-state index in [0.29, 0.717) is 16.3 Å². The molecule has 2 aromatic carbocycles. The number of hydrogen-bond acceptors (Lipinski definition) is 4. The van der Waals surface area contributed by atoms with Gasteiger partial charge in [0, 0.05) is 22.2 Å². The molecule has 6 heteroatoms. The zero-order valence-corrected chi connectivity index (χ0v) is 12.0. The molecular weight excluding hydrogens is 294 g/mol. The number of aryl methyl sites for hydroxylation is 1. The molecule has 0 aliphatic rings. The summed E-state index contributed by atoms with van der Waals surface area (Å²) in [6, 6.07) is 11.0. The quantitative estimate of drug-likeness (QED) is 0.478. The van der Waals surface area contributed by atoms with Gasteiger partial charge < -0.3 is 4.74 Å². The summed E-state index contributed by atoms with van der Waals surface area (Å²) < 4.78 is 5.33. The Morgan fingerprint density at radius 1 is 1.29 bits per heavy atom. The first-order valence-corrected chi connectivity index (χ1v) is 6.52. The fraction of sp³-hybridized carbons (Fsp3) is 0.133. The average Bonchev–Trinajstić information content (AvgIpc) is 2.45. The number of hydrogen-bond donors (Lipinski definition) is 0. The molecule has 0 heterocycles. The number of benzene rings is 2. The van der Waals surface area contributed by atoms with Gasteiger partial charge in [0.15, 0.2) is 12.4 Å². The van der Waals surface area contributed by atoms with E-state index < -0.39 is 4.92 Å². The number of halogens is 1. The van der Waals surface area contributed by atoms with Gasteiger partial charge in [0.1, 0.15) is 5.75 Å². The first-order valence-electron chi connectivity index (χ1n) is 6.14. The molecule has 0 atom stereocenters. The predicted molar refractivity (Wildman–Crippen MR) is 79.1 cm³/mol. The van der Waals surface area contributed by atoms with Gasteiger partial charge in [-0.05, 0) is 25.1 Å². The molecule has 0 aliphatic heterocycles. The molecule has 0 N–H and O–H groups in total. The predicted octanol–water partition coefficient (Wildman–Crippen LogP) is 3.82. The average molecular weight is 306 g/mol. The van der Waals surface area contributed by atoms with Crippen molar-refractivity contribution in [3.8, 4) is 5.75 Å². The minimum absolute atomic E-state index is 0.0800. The Balaban J connectivity index is 2.10. The Bertz CT molecular complexity index is 700. The lowest BCUT2D eigenvalue weighted by Crippen LogP contribution is -2.12. The number of ether oxygens (including phenoxy) is 1. The van der Waals surface area contributed by atoms with E-state index in [1.54, 1.807) is 43.3 Å². The van der Waals surface area contributed by atoms with Gasteiger partial charge in [-0.15, -0.1) is 0 Å². The van der Waals surface area contributed by atoms with Gasteiger partial charge in [0.2, 0.25) is 0 Å². The highest BCUT2D eigenvalue weighted by Crippen LogP contribution is 2.20. The van der Waals surface area contributed by atoms with Crippen LogP contribution in [-0.2, 0) is 0 Å². The van der Waals surface area contributed by atoms with Crippen LogP contribution < -0.4 is 4.74 Å². The van der Waals surface area contributed by atoms with E-state index in [9.17, 15) is 14.9 Å². The van der Waals surface area contributed by atoms with Crippen LogP contribution in [0.2, 0.25) is 5.02 Å². The number of Topliss-reactive ketones (excluding diaryl/α,β-unsaturated/α-hetero) is 1. The molecule has 0 saturated heterocycles. The summed E-state index contributed by atoms with van der Waals surface area (Å²) in [6.07, 6.45) is 0. The molecule has 5 nitrogen and oxygen atoms in total. The summed E-state index contributed by atoms with van der Waals surface area (Å²) in [5.74, 6) is 0.135. The summed E-state index contributed by atoms with van der Waals surface area (Å²) >= 11 is 5.81. The summed E-state index contributed by atoms with van der Waals surface area (Å²) in [4.78, 5) is 22.4. The molecule has 0 fully saturated rings. The molecular formula is C15H12ClNO4. The third kappa shape index (κ3) is 3.79. The Kier molecular flexibility index (Phi) is 4.55. The van der Waals surface area contributed by atoms with E-state index in [1.807, 2.05) is 0 Å². The van der Waals surface area contributed by atoms with Gasteiger partial charge in [-0.1, -0.05) is 29.8 Å². The van der Waals surface area contributed by atoms with Crippen molar-refractivity contribution in [2.24, 2.45) is 0 Å². The molecule has 2 rings (SSSR count). The van der Waals surface area contributed by atoms with E-state index in [2.05, 4.69) is 0 Å². The Morgan fingerprint density at radius 3 is 2.71 bits per heavy atom. The maximum absolute atomic E-state index is 12.0. The standard InChI is InChI=1S/C15H12ClNO4/c1-10-5-6-11(7-14(10)17(19)20)15(18)9-21-13-4-2-3-12(16)8-13/h2-8H,9H2,1H3. The normalized spacial score (nSPS) is 10.2. The lowest BCUT2D eigenvalue weighted by molar-refractivity contribution is -0.385. The minimum atomic E-state index is -0.510. The van der Waals surface area contributed by atoms with Crippen LogP contribution in [0.5, 0.6) is 5.75 Å². The number of nitrogens with zero attached hydrogens (tertiary/aromatic N) is 1. The molecule has 0 unspecified atom stereocenters. The van der Waals surface area contributed by atoms with E-state index in [1.165, 1.54) is 6.07 Å². The number of ketones is 1. The first kappa shape index (κ1) is 15.0. The smallest absolute Gasteiger partial charge is 0.273 e. The van der Waals surface area contributed by atoms with Crippen molar-refractivity contribution >= 4 is 23.1 Å². The molecule has 0 bridgehead atoms. The number of nitro benzene ring substituents is 1. The van der Waals surface area contributed by atoms with Crippen LogP contribution in [0.25, 0.3) is 0 Å². The van der Waals surface area contributed by atoms with Crippen LogP contribution in [-0.4, -0.2) is 17.3 Å². The topological polar surface area (TPSA) is 69.4 Å². The first-order chi connectivity index (χ1) is 9.97. The monoisotopic (exact) mass is 305 g/mol. The lowest BCUT2D eigenvalue weighted by atomic mass is 10.1.